The van der Waals surface area contributed by atoms with Gasteiger partial charge in [-0.05, 0) is 19.3 Å². The van der Waals surface area contributed by atoms with Crippen molar-refractivity contribution in [3.05, 3.63) is 0 Å². The third-order valence-corrected chi connectivity index (χ3v) is 4.20. The van der Waals surface area contributed by atoms with Crippen LogP contribution < -0.4 is 5.32 Å². The standard InChI is InChI=1S/C14H24N2O2/c1-2-12-13(17)15-9-10-16(12)14(18)11-7-5-3-4-6-8-11/h11-12H,2-10H2,1H3,(H,15,17). The Labute approximate surface area is 109 Å². The summed E-state index contributed by atoms with van der Waals surface area (Å²) in [6.07, 6.45) is 7.55. The zero-order valence-electron chi connectivity index (χ0n) is 11.3. The first-order valence-corrected chi connectivity index (χ1v) is 7.32. The van der Waals surface area contributed by atoms with Gasteiger partial charge in [0.1, 0.15) is 6.04 Å². The molecular formula is C14H24N2O2. The van der Waals surface area contributed by atoms with Crippen LogP contribution in [0.4, 0.5) is 0 Å². The van der Waals surface area contributed by atoms with Crippen molar-refractivity contribution in [3.8, 4) is 0 Å². The molecule has 1 saturated heterocycles. The minimum Gasteiger partial charge on any atom is -0.353 e. The lowest BCUT2D eigenvalue weighted by Gasteiger charge is -2.36. The Morgan fingerprint density at radius 3 is 2.56 bits per heavy atom. The number of hydrogen-bond acceptors (Lipinski definition) is 2. The number of piperazine rings is 1. The van der Waals surface area contributed by atoms with Gasteiger partial charge in [-0.15, -0.1) is 0 Å². The van der Waals surface area contributed by atoms with Crippen molar-refractivity contribution in [1.82, 2.24) is 10.2 Å². The van der Waals surface area contributed by atoms with E-state index in [4.69, 9.17) is 0 Å². The van der Waals surface area contributed by atoms with Gasteiger partial charge in [0.15, 0.2) is 0 Å². The molecule has 1 saturated carbocycles. The van der Waals surface area contributed by atoms with Crippen molar-refractivity contribution in [2.75, 3.05) is 13.1 Å². The average Bonchev–Trinajstić information content (AvgIpc) is 2.66. The summed E-state index contributed by atoms with van der Waals surface area (Å²) >= 11 is 0. The summed E-state index contributed by atoms with van der Waals surface area (Å²) in [5, 5.41) is 2.85. The van der Waals surface area contributed by atoms with E-state index in [2.05, 4.69) is 5.32 Å². The number of rotatable bonds is 2. The van der Waals surface area contributed by atoms with E-state index in [1.165, 1.54) is 12.8 Å². The van der Waals surface area contributed by atoms with Crippen LogP contribution in [0.1, 0.15) is 51.9 Å². The molecule has 0 radical (unpaired) electrons. The van der Waals surface area contributed by atoms with Crippen LogP contribution in [0, 0.1) is 5.92 Å². The van der Waals surface area contributed by atoms with Crippen LogP contribution in [-0.2, 0) is 9.59 Å². The van der Waals surface area contributed by atoms with Gasteiger partial charge in [-0.2, -0.15) is 0 Å². The fourth-order valence-electron chi connectivity index (χ4n) is 3.15. The van der Waals surface area contributed by atoms with E-state index in [1.54, 1.807) is 0 Å². The molecule has 0 aromatic rings. The van der Waals surface area contributed by atoms with Crippen LogP contribution in [-0.4, -0.2) is 35.8 Å². The van der Waals surface area contributed by atoms with Crippen molar-refractivity contribution in [2.45, 2.75) is 57.9 Å². The first-order chi connectivity index (χ1) is 8.74. The summed E-state index contributed by atoms with van der Waals surface area (Å²) in [6, 6.07) is -0.241. The third kappa shape index (κ3) is 2.85. The van der Waals surface area contributed by atoms with E-state index in [1.807, 2.05) is 11.8 Å². The topological polar surface area (TPSA) is 49.4 Å². The van der Waals surface area contributed by atoms with Crippen LogP contribution in [0.2, 0.25) is 0 Å². The lowest BCUT2D eigenvalue weighted by atomic mass is 9.96. The molecule has 0 aromatic heterocycles. The Morgan fingerprint density at radius 2 is 1.94 bits per heavy atom. The second kappa shape index (κ2) is 6.21. The second-order valence-corrected chi connectivity index (χ2v) is 5.44. The molecule has 1 unspecified atom stereocenters. The highest BCUT2D eigenvalue weighted by molar-refractivity contribution is 5.89. The molecule has 1 aliphatic carbocycles. The molecule has 1 aliphatic heterocycles. The highest BCUT2D eigenvalue weighted by Crippen LogP contribution is 2.26. The molecule has 1 N–H and O–H groups in total. The largest absolute Gasteiger partial charge is 0.353 e. The Bertz CT molecular complexity index is 309. The molecule has 2 aliphatic rings. The molecule has 18 heavy (non-hydrogen) atoms. The molecule has 4 nitrogen and oxygen atoms in total. The molecule has 2 rings (SSSR count). The Hall–Kier alpha value is -1.06. The number of nitrogens with zero attached hydrogens (tertiary/aromatic N) is 1. The van der Waals surface area contributed by atoms with Gasteiger partial charge >= 0.3 is 0 Å². The quantitative estimate of drug-likeness (QED) is 0.760. The number of nitrogens with one attached hydrogen (secondary N) is 1. The Morgan fingerprint density at radius 1 is 1.28 bits per heavy atom. The van der Waals surface area contributed by atoms with Crippen molar-refractivity contribution < 1.29 is 9.59 Å². The molecule has 0 aromatic carbocycles. The van der Waals surface area contributed by atoms with E-state index >= 15 is 0 Å². The zero-order chi connectivity index (χ0) is 13.0. The lowest BCUT2D eigenvalue weighted by Crippen LogP contribution is -2.58. The van der Waals surface area contributed by atoms with Gasteiger partial charge in [-0.1, -0.05) is 32.6 Å². The molecule has 2 fully saturated rings. The van der Waals surface area contributed by atoms with Crippen LogP contribution in [0.5, 0.6) is 0 Å². The predicted molar refractivity (Wildman–Crippen MR) is 70.0 cm³/mol. The van der Waals surface area contributed by atoms with Crippen LogP contribution in [0.15, 0.2) is 0 Å². The van der Waals surface area contributed by atoms with E-state index in [0.29, 0.717) is 19.5 Å². The van der Waals surface area contributed by atoms with Crippen molar-refractivity contribution in [1.29, 1.82) is 0 Å². The summed E-state index contributed by atoms with van der Waals surface area (Å²) in [5.41, 5.74) is 0. The molecular weight excluding hydrogens is 228 g/mol. The molecule has 4 heteroatoms. The van der Waals surface area contributed by atoms with Gasteiger partial charge in [-0.25, -0.2) is 0 Å². The number of carbonyl (C=O) groups excluding carboxylic acids is 2. The van der Waals surface area contributed by atoms with Crippen molar-refractivity contribution in [3.63, 3.8) is 0 Å². The minimum absolute atomic E-state index is 0.0192. The Balaban J connectivity index is 2.03. The molecule has 1 heterocycles. The first-order valence-electron chi connectivity index (χ1n) is 7.32. The average molecular weight is 252 g/mol. The van der Waals surface area contributed by atoms with Gasteiger partial charge < -0.3 is 10.2 Å². The number of amides is 2. The maximum absolute atomic E-state index is 12.6. The molecule has 2 amide bonds. The summed E-state index contributed by atoms with van der Waals surface area (Å²) in [6.45, 7) is 3.26. The highest BCUT2D eigenvalue weighted by Gasteiger charge is 2.34. The number of carbonyl (C=O) groups is 2. The van der Waals surface area contributed by atoms with Gasteiger partial charge in [-0.3, -0.25) is 9.59 Å². The Kier molecular flexibility index (Phi) is 4.61. The van der Waals surface area contributed by atoms with Crippen LogP contribution >= 0.6 is 0 Å². The van der Waals surface area contributed by atoms with Crippen LogP contribution in [0.3, 0.4) is 0 Å². The van der Waals surface area contributed by atoms with Gasteiger partial charge in [0, 0.05) is 19.0 Å². The monoisotopic (exact) mass is 252 g/mol. The molecule has 0 spiro atoms. The van der Waals surface area contributed by atoms with Gasteiger partial charge in [0.05, 0.1) is 0 Å². The fourth-order valence-corrected chi connectivity index (χ4v) is 3.15. The first kappa shape index (κ1) is 13.4. The van der Waals surface area contributed by atoms with E-state index in [0.717, 1.165) is 25.7 Å². The smallest absolute Gasteiger partial charge is 0.242 e. The summed E-state index contributed by atoms with van der Waals surface area (Å²) in [5.74, 6) is 0.400. The van der Waals surface area contributed by atoms with Crippen LogP contribution in [0.25, 0.3) is 0 Å². The van der Waals surface area contributed by atoms with Gasteiger partial charge in [0.2, 0.25) is 11.8 Å². The van der Waals surface area contributed by atoms with Gasteiger partial charge in [0.25, 0.3) is 0 Å². The molecule has 102 valence electrons. The van der Waals surface area contributed by atoms with Crippen molar-refractivity contribution >= 4 is 11.8 Å². The normalized spacial score (nSPS) is 26.6. The van der Waals surface area contributed by atoms with E-state index < -0.39 is 0 Å². The predicted octanol–water partition coefficient (Wildman–Crippen LogP) is 1.69. The molecule has 1 atom stereocenters. The minimum atomic E-state index is -0.241. The SMILES string of the molecule is CCC1C(=O)NCCN1C(=O)C1CCCCCC1. The number of hydrogen-bond donors (Lipinski definition) is 1. The van der Waals surface area contributed by atoms with E-state index in [9.17, 15) is 9.59 Å². The van der Waals surface area contributed by atoms with Crippen molar-refractivity contribution in [2.24, 2.45) is 5.92 Å². The maximum atomic E-state index is 12.6. The summed E-state index contributed by atoms with van der Waals surface area (Å²) in [4.78, 5) is 26.2. The molecule has 0 bridgehead atoms. The second-order valence-electron chi connectivity index (χ2n) is 5.44. The summed E-state index contributed by atoms with van der Waals surface area (Å²) < 4.78 is 0. The summed E-state index contributed by atoms with van der Waals surface area (Å²) in [7, 11) is 0. The highest BCUT2D eigenvalue weighted by atomic mass is 16.2. The lowest BCUT2D eigenvalue weighted by molar-refractivity contribution is -0.146. The fraction of sp³-hybridized carbons (Fsp3) is 0.857. The third-order valence-electron chi connectivity index (χ3n) is 4.20. The van der Waals surface area contributed by atoms with E-state index in [-0.39, 0.29) is 23.8 Å². The maximum Gasteiger partial charge on any atom is 0.242 e. The zero-order valence-corrected chi connectivity index (χ0v) is 11.3.